The van der Waals surface area contributed by atoms with E-state index >= 15 is 0 Å². The predicted molar refractivity (Wildman–Crippen MR) is 236 cm³/mol. The molecule has 3 aromatic heterocycles. The molecule has 11 aromatic rings. The van der Waals surface area contributed by atoms with Crippen molar-refractivity contribution in [1.82, 2.24) is 4.57 Å². The van der Waals surface area contributed by atoms with Gasteiger partial charge in [0.15, 0.2) is 5.58 Å². The van der Waals surface area contributed by atoms with Gasteiger partial charge in [0, 0.05) is 53.7 Å². The largest absolute Gasteiger partial charge is 0.454 e. The summed E-state index contributed by atoms with van der Waals surface area (Å²) < 4.78 is 12.2. The zero-order valence-corrected chi connectivity index (χ0v) is 31.5. The van der Waals surface area contributed by atoms with Crippen molar-refractivity contribution in [2.24, 2.45) is 0 Å². The highest BCUT2D eigenvalue weighted by Crippen LogP contribution is 2.51. The quantitative estimate of drug-likeness (QED) is 0.158. The van der Waals surface area contributed by atoms with Gasteiger partial charge in [-0.1, -0.05) is 130 Å². The average Bonchev–Trinajstić information content (AvgIpc) is 3.89. The van der Waals surface area contributed by atoms with E-state index in [2.05, 4.69) is 176 Å². The third-order valence-corrected chi connectivity index (χ3v) is 13.7. The fraction of sp³-hybridized carbons (Fsp3) is 0.0800. The lowest BCUT2D eigenvalue weighted by Crippen LogP contribution is -2.60. The van der Waals surface area contributed by atoms with E-state index in [1.165, 1.54) is 91.7 Å². The Balaban J connectivity index is 1.28. The average molecular weight is 721 g/mol. The predicted octanol–water partition coefficient (Wildman–Crippen LogP) is 12.7. The van der Waals surface area contributed by atoms with Crippen LogP contribution in [0.25, 0.3) is 91.5 Å². The molecule has 258 valence electrons. The Kier molecular flexibility index (Phi) is 5.61. The summed E-state index contributed by atoms with van der Waals surface area (Å²) in [6, 6.07) is 54.4. The minimum atomic E-state index is -0.0989. The molecule has 5 heterocycles. The van der Waals surface area contributed by atoms with Gasteiger partial charge in [-0.05, 0) is 69.3 Å². The Morgan fingerprint density at radius 1 is 0.564 bits per heavy atom. The van der Waals surface area contributed by atoms with Gasteiger partial charge in [-0.15, -0.1) is 11.3 Å². The maximum atomic E-state index is 6.86. The summed E-state index contributed by atoms with van der Waals surface area (Å²) >= 11 is 1.93. The molecule has 13 rings (SSSR count). The number of para-hydroxylation sites is 3. The number of nitrogens with zero attached hydrogens (tertiary/aromatic N) is 2. The number of thiophene rings is 1. The third-order valence-electron chi connectivity index (χ3n) is 12.5. The van der Waals surface area contributed by atoms with Crippen LogP contribution in [0, 0.1) is 0 Å². The molecule has 0 fully saturated rings. The van der Waals surface area contributed by atoms with Crippen LogP contribution in [0.5, 0.6) is 0 Å². The minimum Gasteiger partial charge on any atom is -0.454 e. The van der Waals surface area contributed by atoms with Gasteiger partial charge in [0.1, 0.15) is 5.58 Å². The second-order valence-corrected chi connectivity index (χ2v) is 17.5. The van der Waals surface area contributed by atoms with Gasteiger partial charge in [-0.3, -0.25) is 0 Å². The number of rotatable bonds is 1. The lowest BCUT2D eigenvalue weighted by molar-refractivity contribution is 0.590. The molecule has 0 amide bonds. The maximum absolute atomic E-state index is 6.86. The molecule has 3 nitrogen and oxygen atoms in total. The van der Waals surface area contributed by atoms with Gasteiger partial charge < -0.3 is 13.8 Å². The Morgan fingerprint density at radius 3 is 2.20 bits per heavy atom. The SMILES string of the molecule is CC(C)(C)c1ccc2c(c1)-c1cc3c(sc4ccccc43)c3c1B(c1cccc4c5ccc6ccccc6c5n-3c14)N2c1cccc2c1oc1ccccc12. The molecular weight excluding hydrogens is 687 g/mol. The fourth-order valence-corrected chi connectivity index (χ4v) is 11.3. The molecule has 2 aliphatic rings. The van der Waals surface area contributed by atoms with Crippen molar-refractivity contribution >= 4 is 115 Å². The first-order chi connectivity index (χ1) is 26.9. The van der Waals surface area contributed by atoms with Crippen molar-refractivity contribution in [3.63, 3.8) is 0 Å². The van der Waals surface area contributed by atoms with E-state index in [4.69, 9.17) is 4.42 Å². The van der Waals surface area contributed by atoms with Crippen molar-refractivity contribution in [3.05, 3.63) is 151 Å². The van der Waals surface area contributed by atoms with E-state index < -0.39 is 0 Å². The highest BCUT2D eigenvalue weighted by atomic mass is 32.1. The van der Waals surface area contributed by atoms with Gasteiger partial charge in [0.25, 0.3) is 0 Å². The molecule has 0 bridgehead atoms. The van der Waals surface area contributed by atoms with Gasteiger partial charge >= 0.3 is 6.85 Å². The number of hydrogen-bond acceptors (Lipinski definition) is 3. The fourth-order valence-electron chi connectivity index (χ4n) is 10.1. The molecule has 2 aliphatic heterocycles. The third kappa shape index (κ3) is 3.76. The highest BCUT2D eigenvalue weighted by Gasteiger charge is 2.46. The van der Waals surface area contributed by atoms with Crippen LogP contribution in [-0.2, 0) is 5.41 Å². The molecule has 0 N–H and O–H groups in total. The van der Waals surface area contributed by atoms with Crippen LogP contribution in [0.3, 0.4) is 0 Å². The molecule has 55 heavy (non-hydrogen) atoms. The van der Waals surface area contributed by atoms with Gasteiger partial charge in [0.2, 0.25) is 0 Å². The molecule has 0 radical (unpaired) electrons. The number of benzene rings is 8. The number of furan rings is 1. The molecule has 0 unspecified atom stereocenters. The van der Waals surface area contributed by atoms with Crippen LogP contribution in [-0.4, -0.2) is 11.4 Å². The summed E-state index contributed by atoms with van der Waals surface area (Å²) in [6.45, 7) is 6.87. The minimum absolute atomic E-state index is 0.0248. The summed E-state index contributed by atoms with van der Waals surface area (Å²) in [5.74, 6) is 0. The lowest BCUT2D eigenvalue weighted by atomic mass is 9.44. The van der Waals surface area contributed by atoms with Gasteiger partial charge in [0.05, 0.1) is 27.1 Å². The molecule has 0 spiro atoms. The van der Waals surface area contributed by atoms with Gasteiger partial charge in [-0.25, -0.2) is 0 Å². The van der Waals surface area contributed by atoms with Crippen molar-refractivity contribution in [1.29, 1.82) is 0 Å². The normalized spacial score (nSPS) is 13.7. The number of hydrogen-bond donors (Lipinski definition) is 0. The Morgan fingerprint density at radius 2 is 1.31 bits per heavy atom. The first-order valence-electron chi connectivity index (χ1n) is 19.2. The molecule has 0 aliphatic carbocycles. The molecule has 5 heteroatoms. The van der Waals surface area contributed by atoms with E-state index in [0.29, 0.717) is 0 Å². The van der Waals surface area contributed by atoms with Gasteiger partial charge in [-0.2, -0.15) is 0 Å². The Bertz CT molecular complexity index is 3500. The van der Waals surface area contributed by atoms with E-state index in [9.17, 15) is 0 Å². The van der Waals surface area contributed by atoms with E-state index in [1.54, 1.807) is 0 Å². The van der Waals surface area contributed by atoms with Crippen LogP contribution in [0.2, 0.25) is 0 Å². The second-order valence-electron chi connectivity index (χ2n) is 16.4. The maximum Gasteiger partial charge on any atom is 0.333 e. The smallest absolute Gasteiger partial charge is 0.333 e. The molecule has 0 atom stereocenters. The summed E-state index contributed by atoms with van der Waals surface area (Å²) in [4.78, 5) is 2.62. The highest BCUT2D eigenvalue weighted by molar-refractivity contribution is 7.26. The number of anilines is 2. The van der Waals surface area contributed by atoms with Crippen molar-refractivity contribution in [2.75, 3.05) is 4.81 Å². The van der Waals surface area contributed by atoms with E-state index in [0.717, 1.165) is 27.6 Å². The monoisotopic (exact) mass is 720 g/mol. The van der Waals surface area contributed by atoms with Crippen LogP contribution in [0.4, 0.5) is 11.4 Å². The van der Waals surface area contributed by atoms with E-state index in [-0.39, 0.29) is 12.3 Å². The summed E-state index contributed by atoms with van der Waals surface area (Å²) in [7, 11) is 0. The van der Waals surface area contributed by atoms with Crippen LogP contribution in [0.15, 0.2) is 150 Å². The molecule has 0 saturated heterocycles. The first-order valence-corrected chi connectivity index (χ1v) is 20.0. The molecular formula is C50H33BN2OS. The van der Waals surface area contributed by atoms with Crippen molar-refractivity contribution in [2.45, 2.75) is 26.2 Å². The zero-order valence-electron chi connectivity index (χ0n) is 30.6. The first kappa shape index (κ1) is 30.1. The number of aromatic nitrogens is 1. The molecule has 8 aromatic carbocycles. The lowest BCUT2D eigenvalue weighted by Gasteiger charge is -2.42. The Labute approximate surface area is 321 Å². The van der Waals surface area contributed by atoms with Crippen LogP contribution < -0.4 is 15.7 Å². The van der Waals surface area contributed by atoms with Crippen LogP contribution >= 0.6 is 11.3 Å². The van der Waals surface area contributed by atoms with Crippen LogP contribution in [0.1, 0.15) is 26.3 Å². The summed E-state index contributed by atoms with van der Waals surface area (Å²) in [5, 5.41) is 10.0. The summed E-state index contributed by atoms with van der Waals surface area (Å²) in [6.07, 6.45) is 0. The standard InChI is InChI=1S/C50H33BN2OS/c1-50(2,3)29-23-25-40-36(26-29)37-27-38-32-15-7-9-21-43(32)55-49(38)47-44(37)51(53(40)41-19-11-17-35-31-14-6-8-20-42(31)54-48(35)41)39-18-10-16-33-34-24-22-28-12-4-5-13-30(28)45(34)52(47)46(33)39/h4-27H,1-3H3. The van der Waals surface area contributed by atoms with Crippen molar-refractivity contribution < 1.29 is 4.42 Å². The second kappa shape index (κ2) is 10.3. The summed E-state index contributed by atoms with van der Waals surface area (Å²) in [5.41, 5.74) is 14.6. The van der Waals surface area contributed by atoms with E-state index in [1.807, 2.05) is 11.3 Å². The zero-order chi connectivity index (χ0) is 36.3. The Hall–Kier alpha value is -6.30. The molecule has 0 saturated carbocycles. The van der Waals surface area contributed by atoms with Crippen molar-refractivity contribution in [3.8, 4) is 16.8 Å². The number of fused-ring (bicyclic) bond motifs is 16. The topological polar surface area (TPSA) is 21.3 Å².